The summed E-state index contributed by atoms with van der Waals surface area (Å²) in [4.78, 5) is 13.3. The van der Waals surface area contributed by atoms with E-state index >= 15 is 0 Å². The molecule has 0 aliphatic carbocycles. The second-order valence-corrected chi connectivity index (χ2v) is 1.34. The van der Waals surface area contributed by atoms with Crippen LogP contribution in [0.3, 0.4) is 0 Å². The van der Waals surface area contributed by atoms with Crippen LogP contribution in [0.5, 0.6) is 0 Å². The summed E-state index contributed by atoms with van der Waals surface area (Å²) >= 11 is 0. The summed E-state index contributed by atoms with van der Waals surface area (Å²) in [5, 5.41) is 0. The third-order valence-electron chi connectivity index (χ3n) is 0.755. The molecule has 0 unspecified atom stereocenters. The Labute approximate surface area is 48.6 Å². The maximum Gasteiger partial charge on any atom is 0.224 e. The molecule has 0 radical (unpaired) electrons. The van der Waals surface area contributed by atoms with Gasteiger partial charge in [0.05, 0.1) is 6.57 Å². The minimum absolute atomic E-state index is 0.164. The smallest absolute Gasteiger partial charge is 0.224 e. The monoisotopic (exact) mass is 109 g/mol. The fraction of sp³-hybridized carbons (Fsp3) is 0.333. The average molecular weight is 109 g/mol. The highest BCUT2D eigenvalue weighted by molar-refractivity contribution is 5.94. The molecule has 0 saturated heterocycles. The quantitative estimate of drug-likeness (QED) is 0.368. The van der Waals surface area contributed by atoms with Crippen molar-refractivity contribution in [2.75, 3.05) is 0 Å². The molecule has 0 aromatic rings. The van der Waals surface area contributed by atoms with E-state index in [1.54, 1.807) is 6.92 Å². The second kappa shape index (κ2) is 2.98. The molecule has 42 valence electrons. The number of Topliss-reactive ketones (excluding diaryl/α,β-unsaturated/α-hetero) is 1. The maximum absolute atomic E-state index is 10.3. The van der Waals surface area contributed by atoms with Gasteiger partial charge in [0.1, 0.15) is 0 Å². The topological polar surface area (TPSA) is 21.4 Å². The summed E-state index contributed by atoms with van der Waals surface area (Å²) in [6, 6.07) is 0. The first-order valence-electron chi connectivity index (χ1n) is 2.27. The van der Waals surface area contributed by atoms with E-state index in [1.165, 1.54) is 13.0 Å². The zero-order chi connectivity index (χ0) is 6.57. The molecule has 0 aliphatic heterocycles. The van der Waals surface area contributed by atoms with Crippen LogP contribution in [0.15, 0.2) is 11.8 Å². The minimum Gasteiger partial charge on any atom is -0.308 e. The molecule has 0 atom stereocenters. The Bertz CT molecular complexity index is 162. The largest absolute Gasteiger partial charge is 0.308 e. The standard InChI is InChI=1S/C6H7NO/c1-4-6(7-3)5(2)8/h4H,1-2H3/b6-4-. The van der Waals surface area contributed by atoms with Crippen molar-refractivity contribution in [2.24, 2.45) is 0 Å². The van der Waals surface area contributed by atoms with E-state index in [9.17, 15) is 4.79 Å². The summed E-state index contributed by atoms with van der Waals surface area (Å²) in [6.07, 6.45) is 1.51. The maximum atomic E-state index is 10.3. The lowest BCUT2D eigenvalue weighted by atomic mass is 10.3. The van der Waals surface area contributed by atoms with Crippen LogP contribution in [0, 0.1) is 6.57 Å². The molecule has 0 aromatic carbocycles. The van der Waals surface area contributed by atoms with Crippen LogP contribution in [0.2, 0.25) is 0 Å². The van der Waals surface area contributed by atoms with Crippen molar-refractivity contribution in [3.05, 3.63) is 23.2 Å². The Morgan fingerprint density at radius 2 is 2.25 bits per heavy atom. The van der Waals surface area contributed by atoms with Crippen LogP contribution < -0.4 is 0 Å². The van der Waals surface area contributed by atoms with Gasteiger partial charge in [0.2, 0.25) is 5.70 Å². The Balaban J connectivity index is 4.20. The third-order valence-corrected chi connectivity index (χ3v) is 0.755. The van der Waals surface area contributed by atoms with Gasteiger partial charge in [0.15, 0.2) is 5.78 Å². The van der Waals surface area contributed by atoms with Gasteiger partial charge in [-0.05, 0) is 6.92 Å². The minimum atomic E-state index is -0.164. The second-order valence-electron chi connectivity index (χ2n) is 1.34. The summed E-state index contributed by atoms with van der Waals surface area (Å²) < 4.78 is 0. The summed E-state index contributed by atoms with van der Waals surface area (Å²) in [7, 11) is 0. The normalized spacial score (nSPS) is 10.4. The number of carbonyl (C=O) groups is 1. The van der Waals surface area contributed by atoms with Crippen molar-refractivity contribution in [1.82, 2.24) is 0 Å². The molecule has 0 rings (SSSR count). The third kappa shape index (κ3) is 1.57. The highest BCUT2D eigenvalue weighted by Gasteiger charge is 1.97. The van der Waals surface area contributed by atoms with Gasteiger partial charge in [-0.1, -0.05) is 13.0 Å². The van der Waals surface area contributed by atoms with Crippen LogP contribution in [0.4, 0.5) is 0 Å². The molecule has 0 N–H and O–H groups in total. The Morgan fingerprint density at radius 3 is 2.25 bits per heavy atom. The highest BCUT2D eigenvalue weighted by atomic mass is 16.1. The number of nitrogens with zero attached hydrogens (tertiary/aromatic N) is 1. The number of ketones is 1. The molecule has 0 aromatic heterocycles. The SMILES string of the molecule is [C-]#[N+]/C(=C\C)C(C)=O. The lowest BCUT2D eigenvalue weighted by molar-refractivity contribution is -0.113. The van der Waals surface area contributed by atoms with Crippen LogP contribution in [0.1, 0.15) is 13.8 Å². The molecular formula is C6H7NO. The van der Waals surface area contributed by atoms with Crippen molar-refractivity contribution >= 4 is 5.78 Å². The molecule has 2 nitrogen and oxygen atoms in total. The average Bonchev–Trinajstić information content (AvgIpc) is 1.69. The Hall–Kier alpha value is -1.10. The van der Waals surface area contributed by atoms with Crippen LogP contribution in [-0.2, 0) is 4.79 Å². The van der Waals surface area contributed by atoms with Gasteiger partial charge in [-0.25, -0.2) is 4.85 Å². The Kier molecular flexibility index (Phi) is 2.57. The Morgan fingerprint density at radius 1 is 1.75 bits per heavy atom. The number of allylic oxidation sites excluding steroid dienone is 2. The summed E-state index contributed by atoms with van der Waals surface area (Å²) in [5.74, 6) is -0.164. The van der Waals surface area contributed by atoms with Crippen LogP contribution in [-0.4, -0.2) is 5.78 Å². The highest BCUT2D eigenvalue weighted by Crippen LogP contribution is 1.95. The van der Waals surface area contributed by atoms with Gasteiger partial charge >= 0.3 is 0 Å². The van der Waals surface area contributed by atoms with Gasteiger partial charge < -0.3 is 4.79 Å². The summed E-state index contributed by atoms with van der Waals surface area (Å²) in [6.45, 7) is 9.48. The van der Waals surface area contributed by atoms with E-state index in [-0.39, 0.29) is 11.5 Å². The van der Waals surface area contributed by atoms with E-state index < -0.39 is 0 Å². The number of carbonyl (C=O) groups excluding carboxylic acids is 1. The first-order valence-corrected chi connectivity index (χ1v) is 2.27. The van der Waals surface area contributed by atoms with Crippen molar-refractivity contribution < 1.29 is 4.79 Å². The van der Waals surface area contributed by atoms with Gasteiger partial charge in [-0.15, -0.1) is 0 Å². The van der Waals surface area contributed by atoms with Crippen molar-refractivity contribution in [3.8, 4) is 0 Å². The van der Waals surface area contributed by atoms with Crippen LogP contribution >= 0.6 is 0 Å². The zero-order valence-corrected chi connectivity index (χ0v) is 4.93. The first-order chi connectivity index (χ1) is 3.72. The molecule has 0 spiro atoms. The predicted molar refractivity (Wildman–Crippen MR) is 31.0 cm³/mol. The van der Waals surface area contributed by atoms with Gasteiger partial charge in [-0.3, -0.25) is 0 Å². The van der Waals surface area contributed by atoms with Crippen molar-refractivity contribution in [2.45, 2.75) is 13.8 Å². The molecule has 0 bridgehead atoms. The molecule has 2 heteroatoms. The molecule has 0 aliphatic rings. The fourth-order valence-electron chi connectivity index (χ4n) is 0.347. The van der Waals surface area contributed by atoms with E-state index in [1.807, 2.05) is 0 Å². The van der Waals surface area contributed by atoms with E-state index in [4.69, 9.17) is 6.57 Å². The fourth-order valence-corrected chi connectivity index (χ4v) is 0.347. The van der Waals surface area contributed by atoms with E-state index in [0.29, 0.717) is 0 Å². The molecule has 0 amide bonds. The van der Waals surface area contributed by atoms with Gasteiger partial charge in [0.25, 0.3) is 0 Å². The number of rotatable bonds is 1. The molecule has 8 heavy (non-hydrogen) atoms. The van der Waals surface area contributed by atoms with E-state index in [0.717, 1.165) is 0 Å². The molecular weight excluding hydrogens is 102 g/mol. The number of hydrogen-bond acceptors (Lipinski definition) is 1. The van der Waals surface area contributed by atoms with Crippen molar-refractivity contribution in [3.63, 3.8) is 0 Å². The first kappa shape index (κ1) is 6.90. The predicted octanol–water partition coefficient (Wildman–Crippen LogP) is 1.40. The lowest BCUT2D eigenvalue weighted by Crippen LogP contribution is -1.88. The summed E-state index contributed by atoms with van der Waals surface area (Å²) in [5.41, 5.74) is 0.213. The van der Waals surface area contributed by atoms with Crippen molar-refractivity contribution in [1.29, 1.82) is 0 Å². The molecule has 0 fully saturated rings. The zero-order valence-electron chi connectivity index (χ0n) is 4.93. The lowest BCUT2D eigenvalue weighted by Gasteiger charge is -1.82. The molecule has 0 saturated carbocycles. The molecule has 0 heterocycles. The van der Waals surface area contributed by atoms with E-state index in [2.05, 4.69) is 4.85 Å². The van der Waals surface area contributed by atoms with Gasteiger partial charge in [0, 0.05) is 0 Å². The number of hydrogen-bond donors (Lipinski definition) is 0. The van der Waals surface area contributed by atoms with Crippen LogP contribution in [0.25, 0.3) is 4.85 Å². The van der Waals surface area contributed by atoms with Gasteiger partial charge in [-0.2, -0.15) is 0 Å².